The van der Waals surface area contributed by atoms with E-state index in [0.717, 1.165) is 17.0 Å². The highest BCUT2D eigenvalue weighted by atomic mass is 16.1. The van der Waals surface area contributed by atoms with Crippen LogP contribution in [0.1, 0.15) is 11.1 Å². The lowest BCUT2D eigenvalue weighted by Crippen LogP contribution is -2.14. The molecule has 2 rings (SSSR count). The predicted molar refractivity (Wildman–Crippen MR) is 57.6 cm³/mol. The first kappa shape index (κ1) is 9.58. The van der Waals surface area contributed by atoms with E-state index in [1.807, 2.05) is 25.1 Å². The lowest BCUT2D eigenvalue weighted by molar-refractivity contribution is 0.953. The molecule has 0 aliphatic rings. The third-order valence-electron chi connectivity index (χ3n) is 2.44. The Balaban J connectivity index is 2.65. The Kier molecular flexibility index (Phi) is 2.33. The van der Waals surface area contributed by atoms with Gasteiger partial charge in [-0.3, -0.25) is 9.78 Å². The first-order valence-electron chi connectivity index (χ1n) is 4.67. The smallest absolute Gasteiger partial charge is 0.267 e. The largest absolute Gasteiger partial charge is 0.268 e. The summed E-state index contributed by atoms with van der Waals surface area (Å²) >= 11 is 0. The van der Waals surface area contributed by atoms with Crippen molar-refractivity contribution in [2.75, 3.05) is 0 Å². The quantitative estimate of drug-likeness (QED) is 0.759. The molecule has 0 fully saturated rings. The van der Waals surface area contributed by atoms with Gasteiger partial charge in [0.05, 0.1) is 5.69 Å². The van der Waals surface area contributed by atoms with Gasteiger partial charge in [-0.1, -0.05) is 6.07 Å². The van der Waals surface area contributed by atoms with E-state index in [0.29, 0.717) is 5.56 Å². The summed E-state index contributed by atoms with van der Waals surface area (Å²) in [6.07, 6.45) is 1.71. The van der Waals surface area contributed by atoms with Gasteiger partial charge in [0, 0.05) is 11.8 Å². The summed E-state index contributed by atoms with van der Waals surface area (Å²) in [6, 6.07) is 5.61. The maximum atomic E-state index is 11.3. The zero-order valence-corrected chi connectivity index (χ0v) is 8.61. The first-order chi connectivity index (χ1) is 7.20. The summed E-state index contributed by atoms with van der Waals surface area (Å²) in [7, 11) is 0. The molecule has 2 aromatic rings. The highest BCUT2D eigenvalue weighted by Crippen LogP contribution is 2.17. The molecule has 0 saturated heterocycles. The summed E-state index contributed by atoms with van der Waals surface area (Å²) in [5.41, 5.74) is 2.91. The highest BCUT2D eigenvalue weighted by molar-refractivity contribution is 5.58. The third-order valence-corrected chi connectivity index (χ3v) is 2.44. The molecule has 0 bridgehead atoms. The number of H-pyrrole nitrogens is 1. The molecule has 76 valence electrons. The lowest BCUT2D eigenvalue weighted by Gasteiger charge is -2.04. The normalized spacial score (nSPS) is 10.3. The van der Waals surface area contributed by atoms with Gasteiger partial charge in [0.25, 0.3) is 5.56 Å². The Morgan fingerprint density at radius 3 is 2.67 bits per heavy atom. The Morgan fingerprint density at radius 2 is 2.00 bits per heavy atom. The van der Waals surface area contributed by atoms with Crippen LogP contribution in [0.3, 0.4) is 0 Å². The number of nitrogens with zero attached hydrogens (tertiary/aromatic N) is 2. The number of rotatable bonds is 1. The van der Waals surface area contributed by atoms with Gasteiger partial charge in [-0.2, -0.15) is 5.10 Å². The van der Waals surface area contributed by atoms with Gasteiger partial charge < -0.3 is 0 Å². The number of aromatic amines is 1. The van der Waals surface area contributed by atoms with Crippen molar-refractivity contribution < 1.29 is 0 Å². The van der Waals surface area contributed by atoms with E-state index in [2.05, 4.69) is 15.2 Å². The molecule has 0 aliphatic heterocycles. The molecule has 2 aromatic heterocycles. The zero-order valence-electron chi connectivity index (χ0n) is 8.61. The van der Waals surface area contributed by atoms with Crippen LogP contribution in [-0.2, 0) is 0 Å². The highest BCUT2D eigenvalue weighted by Gasteiger charge is 2.08. The average molecular weight is 201 g/mol. The van der Waals surface area contributed by atoms with Crippen LogP contribution in [0.15, 0.2) is 29.2 Å². The van der Waals surface area contributed by atoms with Gasteiger partial charge in [0.2, 0.25) is 0 Å². The van der Waals surface area contributed by atoms with Crippen LogP contribution in [0.25, 0.3) is 11.4 Å². The summed E-state index contributed by atoms with van der Waals surface area (Å²) in [4.78, 5) is 15.5. The summed E-state index contributed by atoms with van der Waals surface area (Å²) in [5.74, 6) is 0. The Morgan fingerprint density at radius 1 is 1.20 bits per heavy atom. The van der Waals surface area contributed by atoms with Gasteiger partial charge in [-0.05, 0) is 31.5 Å². The van der Waals surface area contributed by atoms with E-state index in [1.165, 1.54) is 0 Å². The number of nitrogens with one attached hydrogen (secondary N) is 1. The fourth-order valence-corrected chi connectivity index (χ4v) is 1.37. The molecule has 0 spiro atoms. The van der Waals surface area contributed by atoms with E-state index in [9.17, 15) is 4.79 Å². The van der Waals surface area contributed by atoms with Crippen molar-refractivity contribution in [1.82, 2.24) is 15.2 Å². The molecular weight excluding hydrogens is 190 g/mol. The van der Waals surface area contributed by atoms with Gasteiger partial charge in [-0.15, -0.1) is 0 Å². The number of hydrogen-bond acceptors (Lipinski definition) is 3. The maximum Gasteiger partial charge on any atom is 0.267 e. The number of pyridine rings is 1. The molecule has 4 nitrogen and oxygen atoms in total. The van der Waals surface area contributed by atoms with E-state index >= 15 is 0 Å². The minimum atomic E-state index is -0.146. The molecule has 0 saturated carbocycles. The first-order valence-corrected chi connectivity index (χ1v) is 4.67. The molecule has 4 heteroatoms. The summed E-state index contributed by atoms with van der Waals surface area (Å²) in [5, 5.41) is 6.47. The molecule has 0 radical (unpaired) electrons. The molecule has 0 amide bonds. The predicted octanol–water partition coefficient (Wildman–Crippen LogP) is 1.45. The Hall–Kier alpha value is -1.97. The van der Waals surface area contributed by atoms with Crippen LogP contribution in [0.5, 0.6) is 0 Å². The maximum absolute atomic E-state index is 11.3. The Bertz CT molecular complexity index is 531. The van der Waals surface area contributed by atoms with Crippen molar-refractivity contribution in [1.29, 1.82) is 0 Å². The van der Waals surface area contributed by atoms with E-state index in [-0.39, 0.29) is 5.56 Å². The van der Waals surface area contributed by atoms with Crippen molar-refractivity contribution in [3.63, 3.8) is 0 Å². The van der Waals surface area contributed by atoms with Crippen molar-refractivity contribution >= 4 is 0 Å². The van der Waals surface area contributed by atoms with Crippen LogP contribution in [0, 0.1) is 13.8 Å². The Labute approximate surface area is 87.0 Å². The number of hydrogen-bond donors (Lipinski definition) is 1. The fraction of sp³-hybridized carbons (Fsp3) is 0.182. The lowest BCUT2D eigenvalue weighted by atomic mass is 10.1. The van der Waals surface area contributed by atoms with Crippen LogP contribution >= 0.6 is 0 Å². The third kappa shape index (κ3) is 1.66. The minimum absolute atomic E-state index is 0.146. The molecular formula is C11H11N3O. The van der Waals surface area contributed by atoms with Gasteiger partial charge in [0.15, 0.2) is 0 Å². The van der Waals surface area contributed by atoms with Crippen LogP contribution in [-0.4, -0.2) is 15.2 Å². The van der Waals surface area contributed by atoms with Gasteiger partial charge in [0.1, 0.15) is 5.69 Å². The van der Waals surface area contributed by atoms with Crippen LogP contribution in [0.4, 0.5) is 0 Å². The number of aromatic nitrogens is 3. The molecule has 0 atom stereocenters. The molecule has 0 aromatic carbocycles. The van der Waals surface area contributed by atoms with E-state index < -0.39 is 0 Å². The topological polar surface area (TPSA) is 58.6 Å². The standard InChI is InChI=1S/C11H11N3O/c1-7-8(2)11(15)14-13-10(7)9-5-3-4-6-12-9/h3-6H,1-2H3,(H,14,15). The van der Waals surface area contributed by atoms with Crippen molar-refractivity contribution in [2.45, 2.75) is 13.8 Å². The van der Waals surface area contributed by atoms with Gasteiger partial charge >= 0.3 is 0 Å². The summed E-state index contributed by atoms with van der Waals surface area (Å²) in [6.45, 7) is 3.66. The van der Waals surface area contributed by atoms with E-state index in [4.69, 9.17) is 0 Å². The second-order valence-corrected chi connectivity index (χ2v) is 3.37. The zero-order chi connectivity index (χ0) is 10.8. The molecule has 15 heavy (non-hydrogen) atoms. The van der Waals surface area contributed by atoms with Gasteiger partial charge in [-0.25, -0.2) is 5.10 Å². The van der Waals surface area contributed by atoms with Crippen molar-refractivity contribution in [2.24, 2.45) is 0 Å². The molecule has 0 unspecified atom stereocenters. The average Bonchev–Trinajstić information content (AvgIpc) is 2.27. The van der Waals surface area contributed by atoms with Crippen molar-refractivity contribution in [3.8, 4) is 11.4 Å². The second-order valence-electron chi connectivity index (χ2n) is 3.37. The van der Waals surface area contributed by atoms with Crippen molar-refractivity contribution in [3.05, 3.63) is 45.9 Å². The van der Waals surface area contributed by atoms with Crippen LogP contribution < -0.4 is 5.56 Å². The molecule has 1 N–H and O–H groups in total. The summed E-state index contributed by atoms with van der Waals surface area (Å²) < 4.78 is 0. The monoisotopic (exact) mass is 201 g/mol. The fourth-order valence-electron chi connectivity index (χ4n) is 1.37. The molecule has 2 heterocycles. The van der Waals surface area contributed by atoms with E-state index in [1.54, 1.807) is 13.1 Å². The second kappa shape index (κ2) is 3.65. The van der Waals surface area contributed by atoms with Crippen LogP contribution in [0.2, 0.25) is 0 Å². The molecule has 0 aliphatic carbocycles. The SMILES string of the molecule is Cc1c(-c2ccccn2)n[nH]c(=O)c1C. The minimum Gasteiger partial charge on any atom is -0.268 e.